The number of hydrogen-bond donors (Lipinski definition) is 0. The predicted octanol–water partition coefficient (Wildman–Crippen LogP) is 2.06. The highest BCUT2D eigenvalue weighted by atomic mass is 16.6. The Morgan fingerprint density at radius 2 is 1.88 bits per heavy atom. The van der Waals surface area contributed by atoms with Gasteiger partial charge in [-0.15, -0.1) is 0 Å². The van der Waals surface area contributed by atoms with Gasteiger partial charge in [-0.2, -0.15) is 0 Å². The molecule has 0 aliphatic rings. The van der Waals surface area contributed by atoms with Gasteiger partial charge in [0.2, 0.25) is 0 Å². The molecule has 0 aromatic rings. The second kappa shape index (κ2) is 7.93. The molecule has 2 unspecified atom stereocenters. The van der Waals surface area contributed by atoms with Crippen LogP contribution >= 0.6 is 0 Å². The van der Waals surface area contributed by atoms with Crippen LogP contribution in [0.5, 0.6) is 0 Å². The highest BCUT2D eigenvalue weighted by molar-refractivity contribution is 5.87. The lowest BCUT2D eigenvalue weighted by Crippen LogP contribution is -2.23. The van der Waals surface area contributed by atoms with E-state index in [0.717, 1.165) is 0 Å². The zero-order valence-corrected chi connectivity index (χ0v) is 10.2. The molecule has 0 amide bonds. The van der Waals surface area contributed by atoms with Gasteiger partial charge in [0.25, 0.3) is 0 Å². The van der Waals surface area contributed by atoms with Crippen molar-refractivity contribution in [1.29, 1.82) is 0 Å². The summed E-state index contributed by atoms with van der Waals surface area (Å²) in [5.41, 5.74) is 0.384. The van der Waals surface area contributed by atoms with Gasteiger partial charge in [-0.25, -0.2) is 4.79 Å². The van der Waals surface area contributed by atoms with Crippen molar-refractivity contribution in [2.24, 2.45) is 0 Å². The summed E-state index contributed by atoms with van der Waals surface area (Å²) in [6.07, 6.45) is 1.03. The largest absolute Gasteiger partial charge is 0.497 e. The molecule has 4 heteroatoms. The highest BCUT2D eigenvalue weighted by Crippen LogP contribution is 2.00. The molecule has 0 spiro atoms. The van der Waals surface area contributed by atoms with E-state index in [1.54, 1.807) is 13.8 Å². The molecule has 2 atom stereocenters. The normalized spacial score (nSPS) is 13.7. The molecule has 0 saturated heterocycles. The van der Waals surface area contributed by atoms with E-state index in [0.29, 0.717) is 18.8 Å². The Labute approximate surface area is 96.9 Å². The minimum absolute atomic E-state index is 0.0541. The van der Waals surface area contributed by atoms with Gasteiger partial charge in [0.15, 0.2) is 0 Å². The first-order valence-corrected chi connectivity index (χ1v) is 5.18. The summed E-state index contributed by atoms with van der Waals surface area (Å²) in [5.74, 6) is -0.397. The fraction of sp³-hybridized carbons (Fsp3) is 0.583. The van der Waals surface area contributed by atoms with Crippen molar-refractivity contribution < 1.29 is 19.0 Å². The molecule has 0 bridgehead atoms. The number of ether oxygens (including phenoxy) is 3. The van der Waals surface area contributed by atoms with Crippen LogP contribution in [0.25, 0.3) is 0 Å². The van der Waals surface area contributed by atoms with Crippen molar-refractivity contribution in [1.82, 2.24) is 0 Å². The molecule has 16 heavy (non-hydrogen) atoms. The lowest BCUT2D eigenvalue weighted by molar-refractivity contribution is -0.146. The van der Waals surface area contributed by atoms with Gasteiger partial charge >= 0.3 is 5.97 Å². The quantitative estimate of drug-likeness (QED) is 0.362. The smallest absolute Gasteiger partial charge is 0.333 e. The maximum absolute atomic E-state index is 11.1. The van der Waals surface area contributed by atoms with Gasteiger partial charge in [0.05, 0.1) is 19.5 Å². The molecule has 0 aromatic heterocycles. The van der Waals surface area contributed by atoms with E-state index in [1.165, 1.54) is 6.26 Å². The molecule has 0 fully saturated rings. The van der Waals surface area contributed by atoms with Crippen LogP contribution in [0.15, 0.2) is 25.0 Å². The van der Waals surface area contributed by atoms with Gasteiger partial charge < -0.3 is 14.2 Å². The molecule has 92 valence electrons. The Bertz CT molecular complexity index is 247. The summed E-state index contributed by atoms with van der Waals surface area (Å²) in [5, 5.41) is 0. The van der Waals surface area contributed by atoms with Crippen LogP contribution in [-0.2, 0) is 19.0 Å². The third-order valence-electron chi connectivity index (χ3n) is 1.69. The fourth-order valence-electron chi connectivity index (χ4n) is 0.921. The standard InChI is InChI=1S/C12H20O4/c1-6-15-10(4)7-14-8-11(5)16-12(13)9(2)3/h6,10-11H,1-2,7-8H2,3-5H3. The zero-order valence-electron chi connectivity index (χ0n) is 10.2. The van der Waals surface area contributed by atoms with Crippen LogP contribution in [-0.4, -0.2) is 31.4 Å². The second-order valence-corrected chi connectivity index (χ2v) is 3.65. The molecule has 0 heterocycles. The summed E-state index contributed by atoms with van der Waals surface area (Å²) in [6.45, 7) is 12.9. The molecule has 0 aromatic carbocycles. The van der Waals surface area contributed by atoms with Gasteiger partial charge in [-0.1, -0.05) is 13.2 Å². The van der Waals surface area contributed by atoms with E-state index in [2.05, 4.69) is 13.2 Å². The monoisotopic (exact) mass is 228 g/mol. The minimum Gasteiger partial charge on any atom is -0.497 e. The molecule has 0 aliphatic heterocycles. The first kappa shape index (κ1) is 14.7. The molecule has 0 saturated carbocycles. The van der Waals surface area contributed by atoms with Gasteiger partial charge in [0.1, 0.15) is 12.2 Å². The van der Waals surface area contributed by atoms with E-state index in [9.17, 15) is 4.79 Å². The first-order valence-electron chi connectivity index (χ1n) is 5.18. The zero-order chi connectivity index (χ0) is 12.6. The van der Waals surface area contributed by atoms with Crippen LogP contribution in [0.4, 0.5) is 0 Å². The van der Waals surface area contributed by atoms with Crippen LogP contribution in [0.2, 0.25) is 0 Å². The lowest BCUT2D eigenvalue weighted by Gasteiger charge is -2.15. The second-order valence-electron chi connectivity index (χ2n) is 3.65. The third-order valence-corrected chi connectivity index (χ3v) is 1.69. The topological polar surface area (TPSA) is 44.8 Å². The molecule has 0 aliphatic carbocycles. The van der Waals surface area contributed by atoms with Gasteiger partial charge in [-0.3, -0.25) is 0 Å². The van der Waals surface area contributed by atoms with E-state index in [-0.39, 0.29) is 12.2 Å². The number of hydrogen-bond acceptors (Lipinski definition) is 4. The fourth-order valence-corrected chi connectivity index (χ4v) is 0.921. The van der Waals surface area contributed by atoms with Crippen molar-refractivity contribution >= 4 is 5.97 Å². The van der Waals surface area contributed by atoms with E-state index in [1.807, 2.05) is 6.92 Å². The first-order chi connectivity index (χ1) is 7.47. The number of esters is 1. The van der Waals surface area contributed by atoms with Crippen LogP contribution in [0.3, 0.4) is 0 Å². The average Bonchev–Trinajstić information content (AvgIpc) is 2.17. The molecular formula is C12H20O4. The summed E-state index contributed by atoms with van der Waals surface area (Å²) >= 11 is 0. The summed E-state index contributed by atoms with van der Waals surface area (Å²) in [7, 11) is 0. The van der Waals surface area contributed by atoms with Crippen molar-refractivity contribution in [3.8, 4) is 0 Å². The molecule has 4 nitrogen and oxygen atoms in total. The Kier molecular flexibility index (Phi) is 7.29. The van der Waals surface area contributed by atoms with Crippen molar-refractivity contribution in [2.45, 2.75) is 33.0 Å². The number of rotatable bonds is 8. The van der Waals surface area contributed by atoms with E-state index < -0.39 is 5.97 Å². The predicted molar refractivity (Wildman–Crippen MR) is 61.9 cm³/mol. The SMILES string of the molecule is C=COC(C)COCC(C)OC(=O)C(=C)C. The summed E-state index contributed by atoms with van der Waals surface area (Å²) < 4.78 is 15.4. The Morgan fingerprint density at radius 3 is 2.38 bits per heavy atom. The molecule has 0 rings (SSSR count). The van der Waals surface area contributed by atoms with E-state index >= 15 is 0 Å². The van der Waals surface area contributed by atoms with Crippen molar-refractivity contribution in [2.75, 3.05) is 13.2 Å². The summed E-state index contributed by atoms with van der Waals surface area (Å²) in [4.78, 5) is 11.1. The Hall–Kier alpha value is -1.29. The lowest BCUT2D eigenvalue weighted by atomic mass is 10.3. The van der Waals surface area contributed by atoms with Crippen molar-refractivity contribution in [3.63, 3.8) is 0 Å². The molecule has 0 N–H and O–H groups in total. The summed E-state index contributed by atoms with van der Waals surface area (Å²) in [6, 6.07) is 0. The Morgan fingerprint density at radius 1 is 1.31 bits per heavy atom. The number of carbonyl (C=O) groups excluding carboxylic acids is 1. The highest BCUT2D eigenvalue weighted by Gasteiger charge is 2.10. The van der Waals surface area contributed by atoms with Gasteiger partial charge in [0, 0.05) is 5.57 Å². The average molecular weight is 228 g/mol. The minimum atomic E-state index is -0.397. The Balaban J connectivity index is 3.65. The van der Waals surface area contributed by atoms with Crippen LogP contribution < -0.4 is 0 Å². The molecule has 0 radical (unpaired) electrons. The maximum atomic E-state index is 11.1. The maximum Gasteiger partial charge on any atom is 0.333 e. The van der Waals surface area contributed by atoms with Crippen LogP contribution in [0.1, 0.15) is 20.8 Å². The van der Waals surface area contributed by atoms with Gasteiger partial charge in [-0.05, 0) is 20.8 Å². The van der Waals surface area contributed by atoms with E-state index in [4.69, 9.17) is 14.2 Å². The molecular weight excluding hydrogens is 208 g/mol. The third kappa shape index (κ3) is 7.06. The van der Waals surface area contributed by atoms with Crippen molar-refractivity contribution in [3.05, 3.63) is 25.0 Å². The van der Waals surface area contributed by atoms with Crippen LogP contribution in [0, 0.1) is 0 Å². The number of carbonyl (C=O) groups is 1.